The Labute approximate surface area is 206 Å². The van der Waals surface area contributed by atoms with Crippen LogP contribution in [0.1, 0.15) is 58.4 Å². The molecule has 3 heterocycles. The molecule has 2 fully saturated rings. The number of nitrogens with one attached hydrogen (secondary N) is 1. The highest BCUT2D eigenvalue weighted by atomic mass is 32.1. The predicted molar refractivity (Wildman–Crippen MR) is 140 cm³/mol. The molecule has 0 bridgehead atoms. The fraction of sp³-hybridized carbons (Fsp3) is 0.577. The molecule has 34 heavy (non-hydrogen) atoms. The van der Waals surface area contributed by atoms with Crippen LogP contribution in [0.15, 0.2) is 24.3 Å². The van der Waals surface area contributed by atoms with Crippen LogP contribution in [-0.4, -0.2) is 57.1 Å². The van der Waals surface area contributed by atoms with Crippen LogP contribution < -0.4 is 10.2 Å². The zero-order valence-corrected chi connectivity index (χ0v) is 21.6. The first-order valence-electron chi connectivity index (χ1n) is 12.6. The molecule has 0 atom stereocenters. The number of imidazole rings is 1. The van der Waals surface area contributed by atoms with Gasteiger partial charge in [-0.2, -0.15) is 4.52 Å². The van der Waals surface area contributed by atoms with Crippen LogP contribution in [0.2, 0.25) is 0 Å². The normalized spacial score (nSPS) is 18.0. The first-order chi connectivity index (χ1) is 16.3. The third-order valence-corrected chi connectivity index (χ3v) is 7.87. The van der Waals surface area contributed by atoms with Gasteiger partial charge in [0.1, 0.15) is 5.69 Å². The molecule has 2 aromatic heterocycles. The van der Waals surface area contributed by atoms with Gasteiger partial charge in [-0.1, -0.05) is 54.9 Å². The second-order valence-electron chi connectivity index (χ2n) is 10.7. The first kappa shape index (κ1) is 23.1. The Balaban J connectivity index is 1.37. The average molecular weight is 481 g/mol. The summed E-state index contributed by atoms with van der Waals surface area (Å²) in [4.78, 5) is 23.2. The summed E-state index contributed by atoms with van der Waals surface area (Å²) >= 11 is 1.63. The number of fused-ring (bicyclic) bond motifs is 1. The molecule has 1 aliphatic heterocycles. The molecular weight excluding hydrogens is 444 g/mol. The summed E-state index contributed by atoms with van der Waals surface area (Å²) in [5.74, 6) is 1.55. The number of amides is 1. The van der Waals surface area contributed by atoms with E-state index in [2.05, 4.69) is 67.1 Å². The molecule has 5 rings (SSSR count). The van der Waals surface area contributed by atoms with E-state index in [1.54, 1.807) is 11.3 Å². The maximum atomic E-state index is 12.9. The minimum atomic E-state index is -0.123. The summed E-state index contributed by atoms with van der Waals surface area (Å²) in [6, 6.07) is 8.36. The van der Waals surface area contributed by atoms with Crippen molar-refractivity contribution in [2.24, 2.45) is 5.92 Å². The van der Waals surface area contributed by atoms with Crippen LogP contribution in [-0.2, 0) is 4.79 Å². The summed E-state index contributed by atoms with van der Waals surface area (Å²) < 4.78 is 1.96. The Morgan fingerprint density at radius 3 is 2.44 bits per heavy atom. The van der Waals surface area contributed by atoms with E-state index in [1.807, 2.05) is 4.52 Å². The quantitative estimate of drug-likeness (QED) is 0.556. The highest BCUT2D eigenvalue weighted by molar-refractivity contribution is 7.20. The summed E-state index contributed by atoms with van der Waals surface area (Å²) in [6.45, 7) is 11.8. The highest BCUT2D eigenvalue weighted by Crippen LogP contribution is 2.36. The van der Waals surface area contributed by atoms with Gasteiger partial charge in [0, 0.05) is 43.2 Å². The van der Waals surface area contributed by atoms with Crippen molar-refractivity contribution >= 4 is 33.2 Å². The average Bonchev–Trinajstić information content (AvgIpc) is 3.38. The van der Waals surface area contributed by atoms with E-state index in [0.717, 1.165) is 66.2 Å². The van der Waals surface area contributed by atoms with Gasteiger partial charge in [-0.25, -0.2) is 4.98 Å². The molecule has 3 aromatic rings. The van der Waals surface area contributed by atoms with Gasteiger partial charge in [0.2, 0.25) is 16.0 Å². The molecule has 2 aliphatic rings. The van der Waals surface area contributed by atoms with Crippen LogP contribution in [0.3, 0.4) is 0 Å². The van der Waals surface area contributed by atoms with Gasteiger partial charge in [-0.3, -0.25) is 4.79 Å². The Kier molecular flexibility index (Phi) is 6.27. The third-order valence-electron chi connectivity index (χ3n) is 6.90. The summed E-state index contributed by atoms with van der Waals surface area (Å²) in [7, 11) is 0. The van der Waals surface area contributed by atoms with Crippen molar-refractivity contribution < 1.29 is 4.79 Å². The van der Waals surface area contributed by atoms with Gasteiger partial charge in [0.15, 0.2) is 5.82 Å². The van der Waals surface area contributed by atoms with Crippen LogP contribution >= 0.6 is 11.3 Å². The Bertz CT molecular complexity index is 1160. The monoisotopic (exact) mass is 480 g/mol. The standard InChI is InChI=1S/C26H36N6OS/c1-18-10-8-9-13-20(18)21-22(28-26(2,3)4)32-24(27-21)34-25(29-32)31-16-14-30(15-17-31)23(33)19-11-6-5-7-12-19/h8-10,13,19,28H,5-7,11-12,14-17H2,1-4H3. The van der Waals surface area contributed by atoms with Gasteiger partial charge in [-0.15, -0.1) is 5.10 Å². The number of hydrogen-bond donors (Lipinski definition) is 1. The van der Waals surface area contributed by atoms with Crippen molar-refractivity contribution in [3.05, 3.63) is 29.8 Å². The molecule has 1 N–H and O–H groups in total. The number of carbonyl (C=O) groups excluding carboxylic acids is 1. The fourth-order valence-electron chi connectivity index (χ4n) is 5.09. The molecule has 1 amide bonds. The zero-order chi connectivity index (χ0) is 23.9. The number of nitrogens with zero attached hydrogens (tertiary/aromatic N) is 5. The van der Waals surface area contributed by atoms with E-state index in [-0.39, 0.29) is 11.5 Å². The SMILES string of the molecule is Cc1ccccc1-c1nc2sc(N3CCN(C(=O)C4CCCCC4)CC3)nn2c1NC(C)(C)C. The lowest BCUT2D eigenvalue weighted by Gasteiger charge is -2.36. The molecule has 1 saturated carbocycles. The number of anilines is 2. The lowest BCUT2D eigenvalue weighted by Crippen LogP contribution is -2.50. The first-order valence-corrected chi connectivity index (χ1v) is 13.4. The van der Waals surface area contributed by atoms with E-state index in [4.69, 9.17) is 10.1 Å². The molecule has 7 nitrogen and oxygen atoms in total. The fourth-order valence-corrected chi connectivity index (χ4v) is 6.04. The number of aryl methyl sites for hydroxylation is 1. The second kappa shape index (κ2) is 9.21. The van der Waals surface area contributed by atoms with Crippen molar-refractivity contribution in [2.75, 3.05) is 36.4 Å². The van der Waals surface area contributed by atoms with Gasteiger partial charge in [0.25, 0.3) is 0 Å². The molecule has 182 valence electrons. The smallest absolute Gasteiger partial charge is 0.225 e. The summed E-state index contributed by atoms with van der Waals surface area (Å²) in [5.41, 5.74) is 3.15. The number of carbonyl (C=O) groups is 1. The summed E-state index contributed by atoms with van der Waals surface area (Å²) in [5, 5.41) is 9.61. The number of rotatable bonds is 4. The van der Waals surface area contributed by atoms with Gasteiger partial charge in [-0.05, 0) is 46.1 Å². The molecule has 1 saturated heterocycles. The molecule has 1 aliphatic carbocycles. The predicted octanol–water partition coefficient (Wildman–Crippen LogP) is 5.21. The third kappa shape index (κ3) is 4.65. The van der Waals surface area contributed by atoms with Gasteiger partial charge >= 0.3 is 0 Å². The van der Waals surface area contributed by atoms with Crippen molar-refractivity contribution in [2.45, 2.75) is 65.3 Å². The highest BCUT2D eigenvalue weighted by Gasteiger charge is 2.30. The van der Waals surface area contributed by atoms with Crippen LogP contribution in [0.5, 0.6) is 0 Å². The lowest BCUT2D eigenvalue weighted by molar-refractivity contribution is -0.136. The molecule has 0 spiro atoms. The van der Waals surface area contributed by atoms with Crippen molar-refractivity contribution in [1.82, 2.24) is 19.5 Å². The Morgan fingerprint density at radius 1 is 1.06 bits per heavy atom. The van der Waals surface area contributed by atoms with Gasteiger partial charge in [0.05, 0.1) is 0 Å². The van der Waals surface area contributed by atoms with E-state index in [9.17, 15) is 4.79 Å². The maximum absolute atomic E-state index is 12.9. The van der Waals surface area contributed by atoms with Crippen molar-refractivity contribution in [3.8, 4) is 11.3 Å². The largest absolute Gasteiger partial charge is 0.364 e. The Hall–Kier alpha value is -2.61. The number of piperazine rings is 1. The van der Waals surface area contributed by atoms with Gasteiger partial charge < -0.3 is 15.1 Å². The molecule has 0 radical (unpaired) electrons. The van der Waals surface area contributed by atoms with Crippen LogP contribution in [0.25, 0.3) is 16.2 Å². The van der Waals surface area contributed by atoms with E-state index in [0.29, 0.717) is 5.91 Å². The van der Waals surface area contributed by atoms with Crippen molar-refractivity contribution in [3.63, 3.8) is 0 Å². The molecule has 0 unspecified atom stereocenters. The second-order valence-corrected chi connectivity index (χ2v) is 11.7. The van der Waals surface area contributed by atoms with E-state index >= 15 is 0 Å². The van der Waals surface area contributed by atoms with E-state index < -0.39 is 0 Å². The molecule has 8 heteroatoms. The van der Waals surface area contributed by atoms with Crippen LogP contribution in [0.4, 0.5) is 10.9 Å². The molecular formula is C26H36N6OS. The number of aromatic nitrogens is 3. The summed E-state index contributed by atoms with van der Waals surface area (Å²) in [6.07, 6.45) is 5.81. The lowest BCUT2D eigenvalue weighted by atomic mass is 9.88. The Morgan fingerprint density at radius 2 is 1.76 bits per heavy atom. The topological polar surface area (TPSA) is 65.8 Å². The minimum Gasteiger partial charge on any atom is -0.364 e. The molecule has 1 aromatic carbocycles. The van der Waals surface area contributed by atoms with E-state index in [1.165, 1.54) is 24.8 Å². The van der Waals surface area contributed by atoms with Crippen molar-refractivity contribution in [1.29, 1.82) is 0 Å². The maximum Gasteiger partial charge on any atom is 0.225 e. The minimum absolute atomic E-state index is 0.123. The number of benzene rings is 1. The van der Waals surface area contributed by atoms with Crippen LogP contribution in [0, 0.1) is 12.8 Å². The zero-order valence-electron chi connectivity index (χ0n) is 20.8. The number of hydrogen-bond acceptors (Lipinski definition) is 6.